The summed E-state index contributed by atoms with van der Waals surface area (Å²) in [7, 11) is 0. The van der Waals surface area contributed by atoms with Crippen molar-refractivity contribution in [2.24, 2.45) is 0 Å². The minimum atomic E-state index is -0.433. The first-order valence-electron chi connectivity index (χ1n) is 6.25. The molecular formula is C15H13FN2O2. The van der Waals surface area contributed by atoms with E-state index >= 15 is 0 Å². The average Bonchev–Trinajstić information content (AvgIpc) is 2.46. The van der Waals surface area contributed by atoms with Crippen molar-refractivity contribution in [2.75, 3.05) is 23.8 Å². The molecule has 1 heterocycles. The summed E-state index contributed by atoms with van der Waals surface area (Å²) in [6.07, 6.45) is 0. The average molecular weight is 272 g/mol. The van der Waals surface area contributed by atoms with Gasteiger partial charge >= 0.3 is 0 Å². The van der Waals surface area contributed by atoms with Gasteiger partial charge in [0.25, 0.3) is 5.91 Å². The van der Waals surface area contributed by atoms with Crippen LogP contribution in [0.2, 0.25) is 0 Å². The van der Waals surface area contributed by atoms with Crippen LogP contribution in [-0.2, 0) is 0 Å². The molecular weight excluding hydrogens is 259 g/mol. The molecule has 1 aliphatic heterocycles. The number of fused-ring (bicyclic) bond motifs is 1. The summed E-state index contributed by atoms with van der Waals surface area (Å²) in [5, 5.41) is 0. The van der Waals surface area contributed by atoms with Crippen molar-refractivity contribution in [1.29, 1.82) is 0 Å². The molecule has 2 aromatic rings. The number of nitrogens with two attached hydrogens (primary N) is 1. The maximum atomic E-state index is 13.2. The molecule has 0 radical (unpaired) electrons. The Morgan fingerprint density at radius 1 is 1.25 bits per heavy atom. The van der Waals surface area contributed by atoms with E-state index in [1.807, 2.05) is 0 Å². The third kappa shape index (κ3) is 2.07. The Kier molecular flexibility index (Phi) is 3.02. The van der Waals surface area contributed by atoms with Crippen LogP contribution in [0.3, 0.4) is 0 Å². The summed E-state index contributed by atoms with van der Waals surface area (Å²) in [6.45, 7) is 0.772. The first-order valence-corrected chi connectivity index (χ1v) is 6.25. The van der Waals surface area contributed by atoms with Gasteiger partial charge in [0, 0.05) is 5.56 Å². The van der Waals surface area contributed by atoms with E-state index in [9.17, 15) is 9.18 Å². The molecule has 0 aliphatic carbocycles. The zero-order chi connectivity index (χ0) is 14.1. The fourth-order valence-corrected chi connectivity index (χ4v) is 2.26. The quantitative estimate of drug-likeness (QED) is 0.811. The third-order valence-corrected chi connectivity index (χ3v) is 3.19. The number of amides is 1. The lowest BCUT2D eigenvalue weighted by Crippen LogP contribution is -2.38. The number of halogens is 1. The van der Waals surface area contributed by atoms with Crippen molar-refractivity contribution in [3.05, 3.63) is 53.8 Å². The second kappa shape index (κ2) is 4.85. The van der Waals surface area contributed by atoms with Crippen LogP contribution >= 0.6 is 0 Å². The van der Waals surface area contributed by atoms with Gasteiger partial charge in [0.05, 0.1) is 17.9 Å². The largest absolute Gasteiger partial charge is 0.487 e. The predicted molar refractivity (Wildman–Crippen MR) is 74.4 cm³/mol. The van der Waals surface area contributed by atoms with Crippen LogP contribution in [0.1, 0.15) is 10.4 Å². The fraction of sp³-hybridized carbons (Fsp3) is 0.133. The molecule has 1 amide bonds. The number of carbonyl (C=O) groups excluding carboxylic acids is 1. The van der Waals surface area contributed by atoms with Crippen LogP contribution in [0.25, 0.3) is 0 Å². The predicted octanol–water partition coefficient (Wildman–Crippen LogP) is 2.45. The lowest BCUT2D eigenvalue weighted by molar-refractivity contribution is 0.0976. The molecule has 4 nitrogen and oxygen atoms in total. The van der Waals surface area contributed by atoms with Crippen LogP contribution in [0, 0.1) is 5.82 Å². The van der Waals surface area contributed by atoms with Gasteiger partial charge in [-0.25, -0.2) is 4.39 Å². The molecule has 0 saturated carbocycles. The van der Waals surface area contributed by atoms with Gasteiger partial charge in [-0.3, -0.25) is 4.79 Å². The number of anilines is 2. The van der Waals surface area contributed by atoms with Crippen LogP contribution < -0.4 is 15.4 Å². The summed E-state index contributed by atoms with van der Waals surface area (Å²) < 4.78 is 18.7. The number of ether oxygens (including phenoxy) is 1. The Morgan fingerprint density at radius 3 is 2.85 bits per heavy atom. The normalized spacial score (nSPS) is 13.6. The van der Waals surface area contributed by atoms with Gasteiger partial charge in [-0.2, -0.15) is 0 Å². The highest BCUT2D eigenvalue weighted by Gasteiger charge is 2.26. The lowest BCUT2D eigenvalue weighted by Gasteiger charge is -2.30. The van der Waals surface area contributed by atoms with Crippen LogP contribution in [0.5, 0.6) is 5.75 Å². The molecule has 2 aromatic carbocycles. The van der Waals surface area contributed by atoms with Crippen molar-refractivity contribution in [3.8, 4) is 5.75 Å². The maximum Gasteiger partial charge on any atom is 0.258 e. The van der Waals surface area contributed by atoms with Crippen molar-refractivity contribution in [2.45, 2.75) is 0 Å². The zero-order valence-electron chi connectivity index (χ0n) is 10.7. The first-order chi connectivity index (χ1) is 9.66. The standard InChI is InChI=1S/C15H13FN2O2/c16-11-4-1-3-10(9-11)15(19)18-7-8-20-14-12(17)5-2-6-13(14)18/h1-6,9H,7-8,17H2. The van der Waals surface area contributed by atoms with Gasteiger partial charge in [-0.05, 0) is 30.3 Å². The second-order valence-corrected chi connectivity index (χ2v) is 4.51. The molecule has 0 bridgehead atoms. The van der Waals surface area contributed by atoms with Gasteiger partial charge in [0.1, 0.15) is 12.4 Å². The highest BCUT2D eigenvalue weighted by atomic mass is 19.1. The van der Waals surface area contributed by atoms with E-state index in [2.05, 4.69) is 0 Å². The molecule has 0 spiro atoms. The maximum absolute atomic E-state index is 13.2. The van der Waals surface area contributed by atoms with Gasteiger partial charge in [-0.1, -0.05) is 12.1 Å². The Labute approximate surface area is 115 Å². The number of nitrogen functional groups attached to an aromatic ring is 1. The molecule has 3 rings (SSSR count). The number of para-hydroxylation sites is 1. The summed E-state index contributed by atoms with van der Waals surface area (Å²) in [6, 6.07) is 10.9. The monoisotopic (exact) mass is 272 g/mol. The molecule has 102 valence electrons. The van der Waals surface area contributed by atoms with E-state index < -0.39 is 5.82 Å². The highest BCUT2D eigenvalue weighted by molar-refractivity contribution is 6.07. The van der Waals surface area contributed by atoms with Crippen molar-refractivity contribution in [1.82, 2.24) is 0 Å². The fourth-order valence-electron chi connectivity index (χ4n) is 2.26. The number of hydrogen-bond donors (Lipinski definition) is 1. The van der Waals surface area contributed by atoms with Crippen molar-refractivity contribution in [3.63, 3.8) is 0 Å². The second-order valence-electron chi connectivity index (χ2n) is 4.51. The van der Waals surface area contributed by atoms with Crippen molar-refractivity contribution < 1.29 is 13.9 Å². The van der Waals surface area contributed by atoms with E-state index in [1.165, 1.54) is 18.2 Å². The van der Waals surface area contributed by atoms with Gasteiger partial charge in [-0.15, -0.1) is 0 Å². The lowest BCUT2D eigenvalue weighted by atomic mass is 10.1. The highest BCUT2D eigenvalue weighted by Crippen LogP contribution is 2.37. The van der Waals surface area contributed by atoms with Gasteiger partial charge < -0.3 is 15.4 Å². The van der Waals surface area contributed by atoms with E-state index in [0.29, 0.717) is 35.8 Å². The van der Waals surface area contributed by atoms with Crippen molar-refractivity contribution >= 4 is 17.3 Å². The molecule has 0 aromatic heterocycles. The minimum absolute atomic E-state index is 0.264. The van der Waals surface area contributed by atoms with E-state index in [4.69, 9.17) is 10.5 Å². The summed E-state index contributed by atoms with van der Waals surface area (Å²) >= 11 is 0. The van der Waals surface area contributed by atoms with Crippen LogP contribution in [0.4, 0.5) is 15.8 Å². The summed E-state index contributed by atoms with van der Waals surface area (Å²) in [5.74, 6) is -0.194. The molecule has 0 saturated heterocycles. The smallest absolute Gasteiger partial charge is 0.258 e. The Morgan fingerprint density at radius 2 is 2.05 bits per heavy atom. The van der Waals surface area contributed by atoms with E-state index in [-0.39, 0.29) is 5.91 Å². The van der Waals surface area contributed by atoms with Gasteiger partial charge in [0.2, 0.25) is 0 Å². The number of carbonyl (C=O) groups is 1. The Balaban J connectivity index is 2.01. The molecule has 0 fully saturated rings. The molecule has 20 heavy (non-hydrogen) atoms. The Bertz CT molecular complexity index is 673. The number of rotatable bonds is 1. The minimum Gasteiger partial charge on any atom is -0.487 e. The van der Waals surface area contributed by atoms with Crippen LogP contribution in [0.15, 0.2) is 42.5 Å². The van der Waals surface area contributed by atoms with Gasteiger partial charge in [0.15, 0.2) is 5.75 Å². The van der Waals surface area contributed by atoms with Crippen LogP contribution in [-0.4, -0.2) is 19.1 Å². The third-order valence-electron chi connectivity index (χ3n) is 3.19. The SMILES string of the molecule is Nc1cccc2c1OCCN2C(=O)c1cccc(F)c1. The Hall–Kier alpha value is -2.56. The topological polar surface area (TPSA) is 55.6 Å². The molecule has 5 heteroatoms. The number of benzene rings is 2. The summed E-state index contributed by atoms with van der Waals surface area (Å²) in [5.41, 5.74) is 7.25. The molecule has 0 atom stereocenters. The zero-order valence-corrected chi connectivity index (χ0v) is 10.7. The van der Waals surface area contributed by atoms with E-state index in [1.54, 1.807) is 29.2 Å². The molecule has 2 N–H and O–H groups in total. The van der Waals surface area contributed by atoms with E-state index in [0.717, 1.165) is 0 Å². The first kappa shape index (κ1) is 12.5. The molecule has 1 aliphatic rings. The number of hydrogen-bond acceptors (Lipinski definition) is 3. The molecule has 0 unspecified atom stereocenters. The summed E-state index contributed by atoms with van der Waals surface area (Å²) in [4.78, 5) is 14.0. The number of nitrogens with zero attached hydrogens (tertiary/aromatic N) is 1.